The Bertz CT molecular complexity index is 1620. The van der Waals surface area contributed by atoms with Crippen LogP contribution in [0.15, 0.2) is 83.7 Å². The van der Waals surface area contributed by atoms with Crippen molar-refractivity contribution in [2.75, 3.05) is 31.1 Å². The number of hydrogen-bond donors (Lipinski definition) is 1. The van der Waals surface area contributed by atoms with Gasteiger partial charge in [-0.3, -0.25) is 9.69 Å². The molecule has 39 heavy (non-hydrogen) atoms. The molecule has 0 aliphatic carbocycles. The van der Waals surface area contributed by atoms with Crippen LogP contribution < -0.4 is 10.5 Å². The summed E-state index contributed by atoms with van der Waals surface area (Å²) >= 11 is 0. The van der Waals surface area contributed by atoms with Gasteiger partial charge in [-0.1, -0.05) is 48.5 Å². The zero-order valence-corrected chi connectivity index (χ0v) is 21.8. The van der Waals surface area contributed by atoms with E-state index in [1.807, 2.05) is 66.2 Å². The lowest BCUT2D eigenvalue weighted by Gasteiger charge is -2.39. The molecule has 0 bridgehead atoms. The van der Waals surface area contributed by atoms with Crippen molar-refractivity contribution in [1.82, 2.24) is 30.1 Å². The zero-order chi connectivity index (χ0) is 26.8. The number of hydrogen-bond acceptors (Lipinski definition) is 6. The summed E-state index contributed by atoms with van der Waals surface area (Å²) in [5, 5.41) is 13.8. The summed E-state index contributed by atoms with van der Waals surface area (Å²) in [4.78, 5) is 21.2. The standard InChI is InChI=1S/C30H30FN7O/c1-21-6-5-9-23-20-26(30(39)32-27(21)23)28(29-33-34-35-38(29)15-14-22-7-3-2-4-8-22)37-18-16-36(17-19-37)25-12-10-24(31)11-13-25/h2-13,20,28H,14-19H2,1H3,(H,32,39)/t28-/m0/s1. The molecule has 1 N–H and O–H groups in total. The number of nitrogens with zero attached hydrogens (tertiary/aromatic N) is 6. The van der Waals surface area contributed by atoms with Gasteiger partial charge in [0.1, 0.15) is 11.9 Å². The number of anilines is 1. The van der Waals surface area contributed by atoms with Crippen molar-refractivity contribution in [3.8, 4) is 0 Å². The summed E-state index contributed by atoms with van der Waals surface area (Å²) in [6.07, 6.45) is 0.775. The molecule has 6 rings (SSSR count). The summed E-state index contributed by atoms with van der Waals surface area (Å²) < 4.78 is 15.3. The lowest BCUT2D eigenvalue weighted by Crippen LogP contribution is -2.49. The van der Waals surface area contributed by atoms with Crippen molar-refractivity contribution in [2.45, 2.75) is 25.9 Å². The third-order valence-corrected chi connectivity index (χ3v) is 7.54. The topological polar surface area (TPSA) is 82.9 Å². The number of aromatic nitrogens is 5. The van der Waals surface area contributed by atoms with E-state index in [0.717, 1.165) is 41.7 Å². The molecule has 1 saturated heterocycles. The third-order valence-electron chi connectivity index (χ3n) is 7.54. The maximum absolute atomic E-state index is 13.6. The molecule has 5 aromatic rings. The Morgan fingerprint density at radius 2 is 1.72 bits per heavy atom. The second-order valence-electron chi connectivity index (χ2n) is 9.99. The van der Waals surface area contributed by atoms with E-state index in [9.17, 15) is 9.18 Å². The molecule has 0 unspecified atom stereocenters. The molecular formula is C30H30FN7O. The van der Waals surface area contributed by atoms with Gasteiger partial charge in [0.2, 0.25) is 0 Å². The summed E-state index contributed by atoms with van der Waals surface area (Å²) in [6, 6.07) is 24.4. The molecule has 8 nitrogen and oxygen atoms in total. The quantitative estimate of drug-likeness (QED) is 0.346. The van der Waals surface area contributed by atoms with Crippen LogP contribution in [0.4, 0.5) is 10.1 Å². The number of fused-ring (bicyclic) bond motifs is 1. The van der Waals surface area contributed by atoms with Gasteiger partial charge in [-0.2, -0.15) is 0 Å². The van der Waals surface area contributed by atoms with E-state index in [4.69, 9.17) is 0 Å². The number of piperazine rings is 1. The minimum absolute atomic E-state index is 0.139. The van der Waals surface area contributed by atoms with Gasteiger partial charge >= 0.3 is 0 Å². The first-order valence-corrected chi connectivity index (χ1v) is 13.2. The van der Waals surface area contributed by atoms with Crippen molar-refractivity contribution in [2.24, 2.45) is 0 Å². The van der Waals surface area contributed by atoms with Crippen molar-refractivity contribution in [3.05, 3.63) is 118 Å². The van der Waals surface area contributed by atoms with Crippen LogP contribution in [0.3, 0.4) is 0 Å². The normalized spacial score (nSPS) is 15.1. The first-order chi connectivity index (χ1) is 19.1. The Balaban J connectivity index is 1.35. The average molecular weight is 524 g/mol. The van der Waals surface area contributed by atoms with Crippen LogP contribution in [0.25, 0.3) is 10.9 Å². The second kappa shape index (κ2) is 10.8. The maximum Gasteiger partial charge on any atom is 0.253 e. The smallest absolute Gasteiger partial charge is 0.253 e. The highest BCUT2D eigenvalue weighted by molar-refractivity contribution is 5.82. The maximum atomic E-state index is 13.6. The first-order valence-electron chi connectivity index (χ1n) is 13.2. The first kappa shape index (κ1) is 24.9. The fourth-order valence-electron chi connectivity index (χ4n) is 5.44. The van der Waals surface area contributed by atoms with Crippen molar-refractivity contribution in [1.29, 1.82) is 0 Å². The van der Waals surface area contributed by atoms with Crippen LogP contribution >= 0.6 is 0 Å². The molecule has 0 spiro atoms. The molecule has 1 atom stereocenters. The highest BCUT2D eigenvalue weighted by Gasteiger charge is 2.32. The minimum atomic E-state index is -0.417. The molecule has 0 radical (unpaired) electrons. The number of benzene rings is 3. The lowest BCUT2D eigenvalue weighted by molar-refractivity contribution is 0.199. The molecule has 1 fully saturated rings. The van der Waals surface area contributed by atoms with E-state index in [1.54, 1.807) is 0 Å². The summed E-state index contributed by atoms with van der Waals surface area (Å²) in [5.74, 6) is 0.407. The number of halogens is 1. The summed E-state index contributed by atoms with van der Waals surface area (Å²) in [7, 11) is 0. The van der Waals surface area contributed by atoms with Crippen LogP contribution in [0, 0.1) is 12.7 Å². The van der Waals surface area contributed by atoms with Gasteiger partial charge in [0.25, 0.3) is 5.56 Å². The van der Waals surface area contributed by atoms with Crippen LogP contribution in [0.5, 0.6) is 0 Å². The predicted molar refractivity (Wildman–Crippen MR) is 149 cm³/mol. The van der Waals surface area contributed by atoms with E-state index >= 15 is 0 Å². The molecule has 9 heteroatoms. The molecule has 198 valence electrons. The van der Waals surface area contributed by atoms with Gasteiger partial charge in [-0.05, 0) is 70.6 Å². The van der Waals surface area contributed by atoms with Crippen molar-refractivity contribution >= 4 is 16.6 Å². The number of aromatic amines is 1. The molecule has 0 saturated carbocycles. The molecule has 1 aliphatic rings. The largest absolute Gasteiger partial charge is 0.369 e. The van der Waals surface area contributed by atoms with Crippen molar-refractivity contribution < 1.29 is 4.39 Å². The molecule has 2 aromatic heterocycles. The Morgan fingerprint density at radius 3 is 2.49 bits per heavy atom. The monoisotopic (exact) mass is 523 g/mol. The molecule has 1 aliphatic heterocycles. The van der Waals surface area contributed by atoms with Crippen LogP contribution in [0.2, 0.25) is 0 Å². The van der Waals surface area contributed by atoms with Crippen molar-refractivity contribution in [3.63, 3.8) is 0 Å². The zero-order valence-electron chi connectivity index (χ0n) is 21.8. The number of rotatable bonds is 7. The Kier molecular flexibility index (Phi) is 6.89. The number of nitrogens with one attached hydrogen (secondary N) is 1. The molecule has 0 amide bonds. The van der Waals surface area contributed by atoms with Gasteiger partial charge in [-0.15, -0.1) is 5.10 Å². The van der Waals surface area contributed by atoms with Gasteiger partial charge in [0.05, 0.1) is 5.52 Å². The van der Waals surface area contributed by atoms with E-state index < -0.39 is 6.04 Å². The number of pyridine rings is 1. The molecular weight excluding hydrogens is 493 g/mol. The van der Waals surface area contributed by atoms with Gasteiger partial charge in [-0.25, -0.2) is 9.07 Å². The highest BCUT2D eigenvalue weighted by Crippen LogP contribution is 2.29. The fourth-order valence-corrected chi connectivity index (χ4v) is 5.44. The number of tetrazole rings is 1. The summed E-state index contributed by atoms with van der Waals surface area (Å²) in [6.45, 7) is 5.45. The predicted octanol–water partition coefficient (Wildman–Crippen LogP) is 4.12. The molecule has 3 aromatic carbocycles. The van der Waals surface area contributed by atoms with E-state index in [0.29, 0.717) is 31.0 Å². The van der Waals surface area contributed by atoms with Gasteiger partial charge in [0, 0.05) is 44.0 Å². The SMILES string of the molecule is Cc1cccc2cc([C@@H](c3nnnn3CCc3ccccc3)N3CCN(c4ccc(F)cc4)CC3)c(=O)[nH]c12. The highest BCUT2D eigenvalue weighted by atomic mass is 19.1. The lowest BCUT2D eigenvalue weighted by atomic mass is 10.0. The Morgan fingerprint density at radius 1 is 0.949 bits per heavy atom. The Labute approximate surface area is 225 Å². The van der Waals surface area contributed by atoms with Crippen LogP contribution in [0.1, 0.15) is 28.6 Å². The fraction of sp³-hybridized carbons (Fsp3) is 0.267. The average Bonchev–Trinajstić information content (AvgIpc) is 3.42. The molecule has 3 heterocycles. The van der Waals surface area contributed by atoms with E-state index in [-0.39, 0.29) is 11.4 Å². The van der Waals surface area contributed by atoms with Gasteiger partial charge in [0.15, 0.2) is 5.82 Å². The number of aryl methyl sites for hydroxylation is 3. The minimum Gasteiger partial charge on any atom is -0.369 e. The van der Waals surface area contributed by atoms with Crippen LogP contribution in [-0.4, -0.2) is 56.3 Å². The van der Waals surface area contributed by atoms with Crippen LogP contribution in [-0.2, 0) is 13.0 Å². The summed E-state index contributed by atoms with van der Waals surface area (Å²) in [5.41, 5.74) is 4.53. The number of para-hydroxylation sites is 1. The Hall–Kier alpha value is -4.37. The van der Waals surface area contributed by atoms with Gasteiger partial charge < -0.3 is 9.88 Å². The van der Waals surface area contributed by atoms with E-state index in [1.165, 1.54) is 17.7 Å². The second-order valence-corrected chi connectivity index (χ2v) is 9.99. The third kappa shape index (κ3) is 5.18. The number of H-pyrrole nitrogens is 1. The van der Waals surface area contributed by atoms with E-state index in [2.05, 4.69) is 42.4 Å².